The van der Waals surface area contributed by atoms with Crippen molar-refractivity contribution in [1.82, 2.24) is 10.0 Å². The van der Waals surface area contributed by atoms with Crippen LogP contribution in [0.3, 0.4) is 0 Å². The normalized spacial score (nSPS) is 19.5. The van der Waals surface area contributed by atoms with E-state index in [1.54, 1.807) is 0 Å². The molecule has 1 atom stereocenters. The quantitative estimate of drug-likeness (QED) is 0.844. The van der Waals surface area contributed by atoms with Crippen LogP contribution in [0, 0.1) is 0 Å². The molecule has 0 saturated heterocycles. The Morgan fingerprint density at radius 3 is 2.94 bits per heavy atom. The van der Waals surface area contributed by atoms with Crippen molar-refractivity contribution in [3.63, 3.8) is 0 Å². The van der Waals surface area contributed by atoms with E-state index in [1.165, 1.54) is 11.1 Å². The Hall–Kier alpha value is -0.910. The highest BCUT2D eigenvalue weighted by molar-refractivity contribution is 7.89. The molecule has 0 aromatic heterocycles. The zero-order valence-electron chi connectivity index (χ0n) is 10.6. The summed E-state index contributed by atoms with van der Waals surface area (Å²) in [6.45, 7) is 3.20. The lowest BCUT2D eigenvalue weighted by Crippen LogP contribution is -2.39. The van der Waals surface area contributed by atoms with Gasteiger partial charge in [0, 0.05) is 12.6 Å². The summed E-state index contributed by atoms with van der Waals surface area (Å²) in [6, 6.07) is 8.30. The summed E-state index contributed by atoms with van der Waals surface area (Å²) >= 11 is 0. The highest BCUT2D eigenvalue weighted by Gasteiger charge is 2.20. The number of fused-ring (bicyclic) bond motifs is 1. The van der Waals surface area contributed by atoms with Crippen molar-refractivity contribution >= 4 is 10.0 Å². The van der Waals surface area contributed by atoms with Crippen molar-refractivity contribution in [3.8, 4) is 0 Å². The predicted molar refractivity (Wildman–Crippen MR) is 73.0 cm³/mol. The Morgan fingerprint density at radius 2 is 2.17 bits per heavy atom. The van der Waals surface area contributed by atoms with Crippen molar-refractivity contribution in [3.05, 3.63) is 35.4 Å². The molecule has 1 heterocycles. The molecule has 1 unspecified atom stereocenters. The fraction of sp³-hybridized carbons (Fsp3) is 0.538. The lowest BCUT2D eigenvalue weighted by atomic mass is 9.95. The van der Waals surface area contributed by atoms with Gasteiger partial charge in [-0.1, -0.05) is 31.2 Å². The summed E-state index contributed by atoms with van der Waals surface area (Å²) in [5, 5.41) is 3.36. The number of benzene rings is 1. The van der Waals surface area contributed by atoms with Crippen LogP contribution in [0.1, 0.15) is 30.5 Å². The zero-order valence-corrected chi connectivity index (χ0v) is 11.5. The van der Waals surface area contributed by atoms with Crippen LogP contribution < -0.4 is 10.0 Å². The van der Waals surface area contributed by atoms with Gasteiger partial charge in [0.2, 0.25) is 10.0 Å². The molecule has 2 N–H and O–H groups in total. The van der Waals surface area contributed by atoms with Crippen molar-refractivity contribution in [2.75, 3.05) is 18.8 Å². The molecule has 2 rings (SSSR count). The Labute approximate surface area is 109 Å². The number of sulfonamides is 1. The molecule has 0 aliphatic carbocycles. The third-order valence-electron chi connectivity index (χ3n) is 3.20. The smallest absolute Gasteiger partial charge is 0.211 e. The Bertz CT molecular complexity index is 499. The summed E-state index contributed by atoms with van der Waals surface area (Å²) in [5.74, 6) is 0.196. The second-order valence-corrected chi connectivity index (χ2v) is 6.55. The predicted octanol–water partition coefficient (Wildman–Crippen LogP) is 1.20. The molecule has 1 aromatic rings. The van der Waals surface area contributed by atoms with E-state index in [1.807, 2.05) is 19.1 Å². The minimum Gasteiger partial charge on any atom is -0.308 e. The van der Waals surface area contributed by atoms with E-state index in [2.05, 4.69) is 22.2 Å². The first-order valence-electron chi connectivity index (χ1n) is 6.41. The van der Waals surface area contributed by atoms with Crippen LogP contribution in [-0.4, -0.2) is 27.3 Å². The average Bonchev–Trinajstić information content (AvgIpc) is 2.36. The van der Waals surface area contributed by atoms with Gasteiger partial charge in [-0.2, -0.15) is 0 Å². The molecule has 5 heteroatoms. The van der Waals surface area contributed by atoms with Gasteiger partial charge >= 0.3 is 0 Å². The number of nitrogens with one attached hydrogen (secondary N) is 2. The van der Waals surface area contributed by atoms with Gasteiger partial charge in [0.15, 0.2) is 0 Å². The molecule has 0 saturated carbocycles. The third-order valence-corrected chi connectivity index (χ3v) is 4.75. The Balaban J connectivity index is 2.04. The molecule has 18 heavy (non-hydrogen) atoms. The molecule has 1 aromatic carbocycles. The van der Waals surface area contributed by atoms with Crippen molar-refractivity contribution < 1.29 is 8.42 Å². The number of hydrogen-bond acceptors (Lipinski definition) is 3. The SMILES string of the molecule is CCCS(=O)(=O)NCC1NCCc2ccccc21. The van der Waals surface area contributed by atoms with Crippen molar-refractivity contribution in [2.45, 2.75) is 25.8 Å². The minimum atomic E-state index is -3.12. The summed E-state index contributed by atoms with van der Waals surface area (Å²) in [7, 11) is -3.12. The first-order valence-corrected chi connectivity index (χ1v) is 8.06. The lowest BCUT2D eigenvalue weighted by Gasteiger charge is -2.27. The summed E-state index contributed by atoms with van der Waals surface area (Å²) in [6.07, 6.45) is 1.65. The van der Waals surface area contributed by atoms with Gasteiger partial charge in [0.05, 0.1) is 5.75 Å². The molecular formula is C13H20N2O2S. The topological polar surface area (TPSA) is 58.2 Å². The Morgan fingerprint density at radius 1 is 1.39 bits per heavy atom. The standard InChI is InChI=1S/C13H20N2O2S/c1-2-9-18(16,17)15-10-13-12-6-4-3-5-11(12)7-8-14-13/h3-6,13-15H,2,7-10H2,1H3. The second-order valence-electron chi connectivity index (χ2n) is 4.62. The Kier molecular flexibility index (Phi) is 4.37. The van der Waals surface area contributed by atoms with E-state index in [0.717, 1.165) is 13.0 Å². The molecule has 0 fully saturated rings. The molecule has 0 amide bonds. The third kappa shape index (κ3) is 3.31. The monoisotopic (exact) mass is 268 g/mol. The fourth-order valence-corrected chi connectivity index (χ4v) is 3.43. The largest absolute Gasteiger partial charge is 0.308 e. The van der Waals surface area contributed by atoms with Gasteiger partial charge in [0.1, 0.15) is 0 Å². The van der Waals surface area contributed by atoms with Gasteiger partial charge in [-0.15, -0.1) is 0 Å². The van der Waals surface area contributed by atoms with Crippen LogP contribution in [0.5, 0.6) is 0 Å². The van der Waals surface area contributed by atoms with Crippen LogP contribution in [0.2, 0.25) is 0 Å². The number of hydrogen-bond donors (Lipinski definition) is 2. The van der Waals surface area contributed by atoms with Crippen LogP contribution in [0.4, 0.5) is 0 Å². The van der Waals surface area contributed by atoms with E-state index in [0.29, 0.717) is 13.0 Å². The summed E-state index contributed by atoms with van der Waals surface area (Å²) in [5.41, 5.74) is 2.53. The van der Waals surface area contributed by atoms with E-state index in [4.69, 9.17) is 0 Å². The molecule has 4 nitrogen and oxygen atoms in total. The fourth-order valence-electron chi connectivity index (χ4n) is 2.33. The first kappa shape index (κ1) is 13.5. The van der Waals surface area contributed by atoms with Crippen molar-refractivity contribution in [1.29, 1.82) is 0 Å². The van der Waals surface area contributed by atoms with Gasteiger partial charge in [-0.3, -0.25) is 0 Å². The highest BCUT2D eigenvalue weighted by atomic mass is 32.2. The maximum absolute atomic E-state index is 11.6. The maximum Gasteiger partial charge on any atom is 0.211 e. The minimum absolute atomic E-state index is 0.0848. The van der Waals surface area contributed by atoms with Gasteiger partial charge in [-0.25, -0.2) is 13.1 Å². The highest BCUT2D eigenvalue weighted by Crippen LogP contribution is 2.21. The van der Waals surface area contributed by atoms with Gasteiger partial charge in [-0.05, 0) is 30.5 Å². The molecule has 1 aliphatic heterocycles. The average molecular weight is 268 g/mol. The van der Waals surface area contributed by atoms with E-state index < -0.39 is 10.0 Å². The van der Waals surface area contributed by atoms with Crippen LogP contribution in [0.15, 0.2) is 24.3 Å². The van der Waals surface area contributed by atoms with Crippen LogP contribution >= 0.6 is 0 Å². The first-order chi connectivity index (χ1) is 8.62. The maximum atomic E-state index is 11.6. The molecular weight excluding hydrogens is 248 g/mol. The van der Waals surface area contributed by atoms with Crippen LogP contribution in [0.25, 0.3) is 0 Å². The zero-order chi connectivity index (χ0) is 13.0. The molecule has 100 valence electrons. The summed E-state index contributed by atoms with van der Waals surface area (Å²) < 4.78 is 26.0. The van der Waals surface area contributed by atoms with E-state index >= 15 is 0 Å². The summed E-state index contributed by atoms with van der Waals surface area (Å²) in [4.78, 5) is 0. The number of rotatable bonds is 5. The van der Waals surface area contributed by atoms with Gasteiger partial charge < -0.3 is 5.32 Å². The molecule has 0 radical (unpaired) electrons. The van der Waals surface area contributed by atoms with E-state index in [9.17, 15) is 8.42 Å². The molecule has 0 bridgehead atoms. The van der Waals surface area contributed by atoms with Crippen LogP contribution in [-0.2, 0) is 16.4 Å². The molecule has 1 aliphatic rings. The van der Waals surface area contributed by atoms with E-state index in [-0.39, 0.29) is 11.8 Å². The van der Waals surface area contributed by atoms with Crippen molar-refractivity contribution in [2.24, 2.45) is 0 Å². The molecule has 0 spiro atoms. The second kappa shape index (κ2) is 5.82. The lowest BCUT2D eigenvalue weighted by molar-refractivity contribution is 0.491. The van der Waals surface area contributed by atoms with Gasteiger partial charge in [0.25, 0.3) is 0 Å².